The van der Waals surface area contributed by atoms with E-state index in [0.29, 0.717) is 36.4 Å². The quantitative estimate of drug-likeness (QED) is 0.0771. The topological polar surface area (TPSA) is 74.2 Å². The Bertz CT molecular complexity index is 2990. The Morgan fingerprint density at radius 2 is 0.642 bits per heavy atom. The molecule has 0 heterocycles. The predicted molar refractivity (Wildman–Crippen MR) is 284 cm³/mol. The molecule has 8 aromatic carbocycles. The number of benzene rings is 8. The van der Waals surface area contributed by atoms with Gasteiger partial charge >= 0.3 is 0 Å². The summed E-state index contributed by atoms with van der Waals surface area (Å²) < 4.78 is 0. The van der Waals surface area contributed by atoms with Crippen molar-refractivity contribution in [1.29, 1.82) is 0 Å². The third-order valence-electron chi connectivity index (χ3n) is 12.3. The summed E-state index contributed by atoms with van der Waals surface area (Å²) in [5, 5.41) is 0. The molecule has 8 aromatic rings. The zero-order chi connectivity index (χ0) is 46.3. The molecule has 0 atom stereocenters. The van der Waals surface area contributed by atoms with E-state index in [1.54, 1.807) is 0 Å². The highest BCUT2D eigenvalue weighted by molar-refractivity contribution is 6.13. The van der Waals surface area contributed by atoms with Crippen LogP contribution < -0.4 is 0 Å². The van der Waals surface area contributed by atoms with Gasteiger partial charge in [0.2, 0.25) is 0 Å². The molecule has 0 saturated carbocycles. The van der Waals surface area contributed by atoms with Crippen LogP contribution in [0.2, 0.25) is 0 Å². The molecule has 0 radical (unpaired) electrons. The van der Waals surface area contributed by atoms with E-state index < -0.39 is 0 Å². The Labute approximate surface area is 395 Å². The van der Waals surface area contributed by atoms with Crippen LogP contribution >= 0.6 is 0 Å². The molecule has 328 valence electrons. The molecule has 0 aromatic heterocycles. The Morgan fingerprint density at radius 3 is 1.04 bits per heavy atom. The van der Waals surface area contributed by atoms with E-state index in [2.05, 4.69) is 159 Å². The second-order valence-electron chi connectivity index (χ2n) is 16.3. The molecule has 0 spiro atoms. The first kappa shape index (κ1) is 45.4. The smallest absolute Gasteiger partial charge is 0.161 e. The number of amidine groups is 4. The largest absolute Gasteiger partial charge is 0.261 e. The van der Waals surface area contributed by atoms with Crippen molar-refractivity contribution in [2.45, 2.75) is 45.2 Å². The van der Waals surface area contributed by atoms with Crippen LogP contribution in [0.15, 0.2) is 248 Å². The maximum absolute atomic E-state index is 5.09. The molecule has 0 bridgehead atoms. The molecule has 0 N–H and O–H groups in total. The van der Waals surface area contributed by atoms with E-state index in [-0.39, 0.29) is 5.41 Å². The van der Waals surface area contributed by atoms with Gasteiger partial charge in [0.1, 0.15) is 0 Å². The van der Waals surface area contributed by atoms with Gasteiger partial charge in [0, 0.05) is 27.7 Å². The third kappa shape index (κ3) is 11.0. The average Bonchev–Trinajstić information content (AvgIpc) is 3.41. The van der Waals surface area contributed by atoms with Gasteiger partial charge in [-0.25, -0.2) is 20.0 Å². The lowest BCUT2D eigenvalue weighted by atomic mass is 9.70. The Balaban J connectivity index is 1.05. The van der Waals surface area contributed by atoms with Crippen molar-refractivity contribution in [3.8, 4) is 22.3 Å². The minimum Gasteiger partial charge on any atom is -0.261 e. The Hall–Kier alpha value is -8.22. The molecular weight excluding hydrogens is 817 g/mol. The molecule has 0 aliphatic heterocycles. The van der Waals surface area contributed by atoms with Gasteiger partial charge in [0.05, 0.1) is 13.1 Å². The highest BCUT2D eigenvalue weighted by Gasteiger charge is 2.30. The van der Waals surface area contributed by atoms with Gasteiger partial charge in [-0.3, -0.25) is 9.98 Å². The molecular formula is C61H54N6. The molecule has 0 aliphatic rings. The van der Waals surface area contributed by atoms with E-state index in [1.165, 1.54) is 22.3 Å². The van der Waals surface area contributed by atoms with Gasteiger partial charge in [0.15, 0.2) is 23.3 Å². The van der Waals surface area contributed by atoms with Gasteiger partial charge in [-0.2, -0.15) is 0 Å². The van der Waals surface area contributed by atoms with Crippen LogP contribution in [-0.2, 0) is 18.5 Å². The first-order valence-electron chi connectivity index (χ1n) is 22.8. The monoisotopic (exact) mass is 870 g/mol. The van der Waals surface area contributed by atoms with E-state index in [4.69, 9.17) is 20.0 Å². The van der Waals surface area contributed by atoms with Crippen LogP contribution in [0.3, 0.4) is 0 Å². The summed E-state index contributed by atoms with van der Waals surface area (Å²) in [5.74, 6) is 2.25. The van der Waals surface area contributed by atoms with Crippen molar-refractivity contribution in [1.82, 2.24) is 0 Å². The lowest BCUT2D eigenvalue weighted by molar-refractivity contribution is 0.478. The van der Waals surface area contributed by atoms with Crippen LogP contribution in [0.25, 0.3) is 22.3 Å². The number of aliphatic imine (C=N–C) groups is 6. The summed E-state index contributed by atoms with van der Waals surface area (Å²) in [6.07, 6.45) is 1.85. The predicted octanol–water partition coefficient (Wildman–Crippen LogP) is 14.3. The highest BCUT2D eigenvalue weighted by Crippen LogP contribution is 2.39. The maximum Gasteiger partial charge on any atom is 0.161 e. The van der Waals surface area contributed by atoms with E-state index in [9.17, 15) is 0 Å². The standard InChI is InChI=1S/C61H54N6/c1-5-61(6-2,55-39-29-46(30-40-55)44-64-59(52-25-17-10-18-26-52)67-58(63-4)53-35-33-50(34-36-53)48-21-13-8-14-22-48)56-41-37-54(38-42-56)60(66-57(62-3)51-23-15-9-16-24-51)65-43-45-27-31-49(32-28-45)47-19-11-7-12-20-47/h7-42H,3-6,43-44H2,1-2H3. The molecule has 0 aliphatic carbocycles. The van der Waals surface area contributed by atoms with Crippen molar-refractivity contribution in [3.63, 3.8) is 0 Å². The Morgan fingerprint density at radius 1 is 0.343 bits per heavy atom. The summed E-state index contributed by atoms with van der Waals surface area (Å²) in [6, 6.07) is 75.1. The zero-order valence-corrected chi connectivity index (χ0v) is 38.2. The molecule has 8 rings (SSSR count). The van der Waals surface area contributed by atoms with Crippen molar-refractivity contribution in [3.05, 3.63) is 263 Å². The van der Waals surface area contributed by atoms with Crippen molar-refractivity contribution in [2.24, 2.45) is 30.0 Å². The average molecular weight is 871 g/mol. The number of hydrogen-bond donors (Lipinski definition) is 0. The first-order chi connectivity index (χ1) is 33.0. The van der Waals surface area contributed by atoms with Crippen LogP contribution in [0.5, 0.6) is 0 Å². The van der Waals surface area contributed by atoms with Gasteiger partial charge < -0.3 is 0 Å². The fraction of sp³-hybridized carbons (Fsp3) is 0.115. The fourth-order valence-electron chi connectivity index (χ4n) is 8.45. The van der Waals surface area contributed by atoms with E-state index >= 15 is 0 Å². The van der Waals surface area contributed by atoms with Crippen molar-refractivity contribution in [2.75, 3.05) is 0 Å². The van der Waals surface area contributed by atoms with Crippen LogP contribution in [0.1, 0.15) is 71.2 Å². The van der Waals surface area contributed by atoms with Gasteiger partial charge in [0.25, 0.3) is 0 Å². The fourth-order valence-corrected chi connectivity index (χ4v) is 8.45. The highest BCUT2D eigenvalue weighted by atomic mass is 15.0. The zero-order valence-electron chi connectivity index (χ0n) is 38.2. The molecule has 6 heteroatoms. The number of rotatable bonds is 14. The minimum atomic E-state index is -0.209. The minimum absolute atomic E-state index is 0.209. The molecule has 0 amide bonds. The van der Waals surface area contributed by atoms with Crippen molar-refractivity contribution >= 4 is 36.8 Å². The van der Waals surface area contributed by atoms with Crippen LogP contribution in [0.4, 0.5) is 0 Å². The maximum atomic E-state index is 5.09. The number of hydrogen-bond acceptors (Lipinski definition) is 2. The molecule has 67 heavy (non-hydrogen) atoms. The Kier molecular flexibility index (Phi) is 15.0. The molecule has 0 fully saturated rings. The summed E-state index contributed by atoms with van der Waals surface area (Å²) in [4.78, 5) is 28.8. The van der Waals surface area contributed by atoms with E-state index in [1.807, 2.05) is 97.1 Å². The lowest BCUT2D eigenvalue weighted by Gasteiger charge is -2.33. The molecule has 0 unspecified atom stereocenters. The summed E-state index contributed by atoms with van der Waals surface area (Å²) in [5.41, 5.74) is 12.7. The normalized spacial score (nSPS) is 12.4. The van der Waals surface area contributed by atoms with Crippen LogP contribution in [0, 0.1) is 0 Å². The molecule has 0 saturated heterocycles. The summed E-state index contributed by atoms with van der Waals surface area (Å²) in [7, 11) is 0. The number of nitrogens with zero attached hydrogens (tertiary/aromatic N) is 6. The van der Waals surface area contributed by atoms with Crippen molar-refractivity contribution < 1.29 is 0 Å². The van der Waals surface area contributed by atoms with Gasteiger partial charge in [-0.15, -0.1) is 0 Å². The second kappa shape index (κ2) is 22.1. The first-order valence-corrected chi connectivity index (χ1v) is 22.8. The lowest BCUT2D eigenvalue weighted by Crippen LogP contribution is -2.26. The van der Waals surface area contributed by atoms with Crippen LogP contribution in [-0.4, -0.2) is 36.8 Å². The van der Waals surface area contributed by atoms with Gasteiger partial charge in [-0.05, 0) is 70.8 Å². The summed E-state index contributed by atoms with van der Waals surface area (Å²) >= 11 is 0. The second-order valence-corrected chi connectivity index (χ2v) is 16.3. The van der Waals surface area contributed by atoms with Gasteiger partial charge in [-0.1, -0.05) is 232 Å². The summed E-state index contributed by atoms with van der Waals surface area (Å²) in [6.45, 7) is 13.2. The van der Waals surface area contributed by atoms with E-state index in [0.717, 1.165) is 57.3 Å². The SMILES string of the molecule is C=NC(=NC(=NCc1ccc(-c2ccccc2)cc1)c1ccc(C(CC)(CC)c2ccc(CN=C(N=C(N=C)c3ccc(-c4ccccc4)cc3)c3ccccc3)cc2)cc1)c1ccccc1. The molecule has 6 nitrogen and oxygen atoms in total. The third-order valence-corrected chi connectivity index (χ3v) is 12.3.